The Morgan fingerprint density at radius 2 is 1.76 bits per heavy atom. The van der Waals surface area contributed by atoms with E-state index in [-0.39, 0.29) is 11.5 Å². The number of halogens is 1. The number of benzene rings is 2. The molecule has 0 saturated carbocycles. The zero-order chi connectivity index (χ0) is 14.8. The first kappa shape index (κ1) is 13.6. The molecule has 2 N–H and O–H groups in total. The molecule has 3 rings (SSSR count). The molecule has 0 unspecified atom stereocenters. The van der Waals surface area contributed by atoms with Crippen LogP contribution in [0.25, 0.3) is 23.1 Å². The highest BCUT2D eigenvalue weighted by molar-refractivity contribution is 9.10. The quantitative estimate of drug-likeness (QED) is 0.717. The molecule has 0 bridgehead atoms. The van der Waals surface area contributed by atoms with Crippen LogP contribution in [0.2, 0.25) is 0 Å². The molecule has 1 heterocycles. The van der Waals surface area contributed by atoms with Crippen LogP contribution in [0.1, 0.15) is 11.3 Å². The van der Waals surface area contributed by atoms with E-state index in [1.165, 1.54) is 0 Å². The molecule has 0 aliphatic carbocycles. The van der Waals surface area contributed by atoms with Gasteiger partial charge in [-0.15, -0.1) is 0 Å². The van der Waals surface area contributed by atoms with Crippen LogP contribution in [0.15, 0.2) is 53.0 Å². The van der Waals surface area contributed by atoms with E-state index in [4.69, 9.17) is 0 Å². The normalized spacial score (nSPS) is 11.3. The highest BCUT2D eigenvalue weighted by Crippen LogP contribution is 2.26. The van der Waals surface area contributed by atoms with E-state index in [1.807, 2.05) is 42.5 Å². The number of nitrogens with zero attached hydrogens (tertiary/aromatic N) is 1. The van der Waals surface area contributed by atoms with Crippen molar-refractivity contribution in [3.63, 3.8) is 0 Å². The summed E-state index contributed by atoms with van der Waals surface area (Å²) in [5.74, 6) is 0.385. The van der Waals surface area contributed by atoms with Crippen molar-refractivity contribution in [3.8, 4) is 11.5 Å². The summed E-state index contributed by atoms with van der Waals surface area (Å²) in [5.41, 5.74) is 2.29. The minimum atomic E-state index is 0.176. The molecule has 21 heavy (non-hydrogen) atoms. The Hall–Kier alpha value is -2.33. The van der Waals surface area contributed by atoms with Gasteiger partial charge in [-0.2, -0.15) is 0 Å². The second-order valence-corrected chi connectivity index (χ2v) is 5.48. The first-order valence-corrected chi connectivity index (χ1v) is 7.18. The van der Waals surface area contributed by atoms with Crippen molar-refractivity contribution in [2.45, 2.75) is 0 Å². The first-order chi connectivity index (χ1) is 10.1. The predicted octanol–water partition coefficient (Wildman–Crippen LogP) is 4.58. The molecule has 0 saturated heterocycles. The molecule has 0 spiro atoms. The lowest BCUT2D eigenvalue weighted by Crippen LogP contribution is -1.83. The van der Waals surface area contributed by atoms with Crippen molar-refractivity contribution in [1.82, 2.24) is 4.98 Å². The summed E-state index contributed by atoms with van der Waals surface area (Å²) >= 11 is 3.28. The van der Waals surface area contributed by atoms with Gasteiger partial charge in [-0.3, -0.25) is 0 Å². The van der Waals surface area contributed by atoms with Crippen LogP contribution in [-0.4, -0.2) is 15.2 Å². The highest BCUT2D eigenvalue weighted by Gasteiger charge is 2.01. The van der Waals surface area contributed by atoms with E-state index < -0.39 is 0 Å². The molecular formula is C17H12BrNO2. The zero-order valence-corrected chi connectivity index (χ0v) is 12.6. The predicted molar refractivity (Wildman–Crippen MR) is 88.1 cm³/mol. The average molecular weight is 342 g/mol. The molecule has 0 fully saturated rings. The van der Waals surface area contributed by atoms with E-state index in [9.17, 15) is 10.2 Å². The van der Waals surface area contributed by atoms with Gasteiger partial charge in [0, 0.05) is 5.39 Å². The first-order valence-electron chi connectivity index (χ1n) is 6.39. The topological polar surface area (TPSA) is 53.4 Å². The molecule has 3 aromatic rings. The summed E-state index contributed by atoms with van der Waals surface area (Å²) in [7, 11) is 0. The number of aromatic hydroxyl groups is 2. The van der Waals surface area contributed by atoms with Crippen molar-refractivity contribution >= 4 is 39.0 Å². The maximum Gasteiger partial charge on any atom is 0.141 e. The Kier molecular flexibility index (Phi) is 3.62. The number of hydrogen-bond acceptors (Lipinski definition) is 3. The molecule has 1 aromatic heterocycles. The summed E-state index contributed by atoms with van der Waals surface area (Å²) in [6.07, 6.45) is 3.77. The number of phenolic OH excluding ortho intramolecular Hbond substituents is 2. The van der Waals surface area contributed by atoms with E-state index >= 15 is 0 Å². The van der Waals surface area contributed by atoms with Crippen LogP contribution in [0.5, 0.6) is 11.5 Å². The number of phenols is 2. The fourth-order valence-corrected chi connectivity index (χ4v) is 2.44. The van der Waals surface area contributed by atoms with Gasteiger partial charge in [0.05, 0.1) is 10.2 Å². The Labute approximate surface area is 130 Å². The highest BCUT2D eigenvalue weighted by atomic mass is 79.9. The third kappa shape index (κ3) is 2.90. The van der Waals surface area contributed by atoms with E-state index in [0.29, 0.717) is 9.99 Å². The van der Waals surface area contributed by atoms with Crippen molar-refractivity contribution in [2.24, 2.45) is 0 Å². The maximum absolute atomic E-state index is 9.83. The molecule has 2 aromatic carbocycles. The van der Waals surface area contributed by atoms with Gasteiger partial charge in [0.2, 0.25) is 0 Å². The summed E-state index contributed by atoms with van der Waals surface area (Å²) < 4.78 is 0.647. The van der Waals surface area contributed by atoms with Gasteiger partial charge in [-0.1, -0.05) is 30.3 Å². The average Bonchev–Trinajstić information content (AvgIpc) is 2.49. The molecule has 0 aliphatic rings. The van der Waals surface area contributed by atoms with Crippen LogP contribution >= 0.6 is 15.9 Å². The number of pyridine rings is 1. The number of hydrogen-bond donors (Lipinski definition) is 2. The number of para-hydroxylation sites is 1. The number of aromatic nitrogens is 1. The van der Waals surface area contributed by atoms with E-state index in [0.717, 1.165) is 16.6 Å². The molecule has 4 heteroatoms. The lowest BCUT2D eigenvalue weighted by atomic mass is 10.1. The Bertz CT molecular complexity index is 843. The molecule has 0 aliphatic heterocycles. The largest absolute Gasteiger partial charge is 0.507 e. The van der Waals surface area contributed by atoms with Gasteiger partial charge in [-0.05, 0) is 51.8 Å². The standard InChI is InChI=1S/C17H12BrNO2/c18-14-10-11(5-9-15(14)20)4-7-13-8-6-12-2-1-3-16(21)17(12)19-13/h1-10,20-21H. The summed E-state index contributed by atoms with van der Waals surface area (Å²) in [6.45, 7) is 0. The lowest BCUT2D eigenvalue weighted by Gasteiger charge is -2.01. The van der Waals surface area contributed by atoms with Crippen LogP contribution in [0.4, 0.5) is 0 Å². The fourth-order valence-electron chi connectivity index (χ4n) is 2.05. The Balaban J connectivity index is 1.95. The van der Waals surface area contributed by atoms with E-state index in [2.05, 4.69) is 20.9 Å². The SMILES string of the molecule is Oc1ccc(C=Cc2ccc3cccc(O)c3n2)cc1Br. The monoisotopic (exact) mass is 341 g/mol. The summed E-state index contributed by atoms with van der Waals surface area (Å²) in [5, 5.41) is 20.2. The maximum atomic E-state index is 9.83. The van der Waals surface area contributed by atoms with Crippen molar-refractivity contribution in [3.05, 3.63) is 64.3 Å². The van der Waals surface area contributed by atoms with Crippen molar-refractivity contribution in [2.75, 3.05) is 0 Å². The third-order valence-corrected chi connectivity index (χ3v) is 3.77. The molecule has 0 atom stereocenters. The summed E-state index contributed by atoms with van der Waals surface area (Å²) in [6, 6.07) is 14.4. The van der Waals surface area contributed by atoms with Gasteiger partial charge < -0.3 is 10.2 Å². The third-order valence-electron chi connectivity index (χ3n) is 3.14. The zero-order valence-electron chi connectivity index (χ0n) is 11.0. The minimum Gasteiger partial charge on any atom is -0.507 e. The number of rotatable bonds is 2. The summed E-state index contributed by atoms with van der Waals surface area (Å²) in [4.78, 5) is 4.43. The van der Waals surface area contributed by atoms with Crippen molar-refractivity contribution in [1.29, 1.82) is 0 Å². The van der Waals surface area contributed by atoms with Crippen LogP contribution in [0.3, 0.4) is 0 Å². The Morgan fingerprint density at radius 1 is 0.905 bits per heavy atom. The van der Waals surface area contributed by atoms with Gasteiger partial charge in [0.25, 0.3) is 0 Å². The van der Waals surface area contributed by atoms with Crippen LogP contribution in [-0.2, 0) is 0 Å². The Morgan fingerprint density at radius 3 is 2.57 bits per heavy atom. The van der Waals surface area contributed by atoms with Crippen LogP contribution < -0.4 is 0 Å². The lowest BCUT2D eigenvalue weighted by molar-refractivity contribution is 0.472. The van der Waals surface area contributed by atoms with Gasteiger partial charge in [0.1, 0.15) is 17.0 Å². The second kappa shape index (κ2) is 5.58. The second-order valence-electron chi connectivity index (χ2n) is 4.63. The molecule has 0 radical (unpaired) electrons. The van der Waals surface area contributed by atoms with Crippen LogP contribution in [0, 0.1) is 0 Å². The molecular weight excluding hydrogens is 330 g/mol. The van der Waals surface area contributed by atoms with E-state index in [1.54, 1.807) is 18.2 Å². The molecule has 104 valence electrons. The van der Waals surface area contributed by atoms with Gasteiger partial charge >= 0.3 is 0 Å². The van der Waals surface area contributed by atoms with Crippen molar-refractivity contribution < 1.29 is 10.2 Å². The van der Waals surface area contributed by atoms with Gasteiger partial charge in [0.15, 0.2) is 0 Å². The smallest absolute Gasteiger partial charge is 0.141 e. The molecule has 3 nitrogen and oxygen atoms in total. The van der Waals surface area contributed by atoms with Gasteiger partial charge in [-0.25, -0.2) is 4.98 Å². The fraction of sp³-hybridized carbons (Fsp3) is 0. The minimum absolute atomic E-state index is 0.176. The molecule has 0 amide bonds. The number of fused-ring (bicyclic) bond motifs is 1.